The predicted molar refractivity (Wildman–Crippen MR) is 117 cm³/mol. The average molecular weight is 513 g/mol. The number of hydrogen-bond donors (Lipinski definition) is 1. The second-order valence-corrected chi connectivity index (χ2v) is 7.43. The van der Waals surface area contributed by atoms with E-state index in [1.807, 2.05) is 0 Å². The lowest BCUT2D eigenvalue weighted by molar-refractivity contribution is -0.139. The quantitative estimate of drug-likeness (QED) is 0.304. The number of alkyl halides is 3. The van der Waals surface area contributed by atoms with E-state index in [-0.39, 0.29) is 36.6 Å². The molecule has 0 spiro atoms. The Hall–Kier alpha value is -3.78. The largest absolute Gasteiger partial charge is 0.465 e. The van der Waals surface area contributed by atoms with Crippen LogP contribution in [0.2, 0.25) is 0 Å². The van der Waals surface area contributed by atoms with Gasteiger partial charge in [0.1, 0.15) is 5.56 Å². The van der Waals surface area contributed by atoms with Crippen LogP contribution < -0.4 is 10.1 Å². The third-order valence-corrected chi connectivity index (χ3v) is 4.78. The zero-order valence-electron chi connectivity index (χ0n) is 19.5. The highest BCUT2D eigenvalue weighted by Crippen LogP contribution is 2.39. The zero-order chi connectivity index (χ0) is 26.3. The van der Waals surface area contributed by atoms with Crippen LogP contribution in [-0.2, 0) is 26.9 Å². The minimum absolute atomic E-state index is 0.0110. The van der Waals surface area contributed by atoms with Gasteiger partial charge in [-0.3, -0.25) is 0 Å². The summed E-state index contributed by atoms with van der Waals surface area (Å²) in [6.07, 6.45) is -0.985. The summed E-state index contributed by atoms with van der Waals surface area (Å²) >= 11 is 0. The van der Waals surface area contributed by atoms with Crippen molar-refractivity contribution in [3.05, 3.63) is 59.3 Å². The summed E-state index contributed by atoms with van der Waals surface area (Å²) in [4.78, 5) is 17.3. The van der Waals surface area contributed by atoms with Crippen LogP contribution in [0.4, 0.5) is 23.2 Å². The minimum Gasteiger partial charge on any atom is -0.465 e. The molecule has 1 aromatic carbocycles. The predicted octanol–water partition coefficient (Wildman–Crippen LogP) is 3.53. The second-order valence-electron chi connectivity index (χ2n) is 7.43. The number of nitrogens with one attached hydrogen (secondary N) is 1. The summed E-state index contributed by atoms with van der Waals surface area (Å²) in [6.45, 7) is 0.246. The molecule has 14 heteroatoms. The first-order valence-corrected chi connectivity index (χ1v) is 10.4. The lowest BCUT2D eigenvalue weighted by atomic mass is 10.1. The molecular formula is C22H23F4N5O5. The van der Waals surface area contributed by atoms with E-state index in [0.29, 0.717) is 0 Å². The Kier molecular flexibility index (Phi) is 8.77. The van der Waals surface area contributed by atoms with Crippen LogP contribution in [0.5, 0.6) is 11.6 Å². The molecule has 0 aliphatic heterocycles. The Morgan fingerprint density at radius 3 is 2.33 bits per heavy atom. The first-order valence-electron chi connectivity index (χ1n) is 10.4. The van der Waals surface area contributed by atoms with Crippen molar-refractivity contribution in [3.63, 3.8) is 0 Å². The fourth-order valence-electron chi connectivity index (χ4n) is 3.24. The van der Waals surface area contributed by atoms with E-state index >= 15 is 0 Å². The van der Waals surface area contributed by atoms with Crippen molar-refractivity contribution in [1.29, 1.82) is 0 Å². The molecule has 3 aromatic rings. The molecule has 0 amide bonds. The number of nitrogens with zero attached hydrogens (tertiary/aromatic N) is 4. The summed E-state index contributed by atoms with van der Waals surface area (Å²) in [5, 5.41) is 10.6. The normalized spacial score (nSPS) is 11.6. The van der Waals surface area contributed by atoms with Crippen LogP contribution in [0, 0.1) is 5.82 Å². The van der Waals surface area contributed by atoms with E-state index in [1.54, 1.807) is 0 Å². The fourth-order valence-corrected chi connectivity index (χ4v) is 3.24. The van der Waals surface area contributed by atoms with Gasteiger partial charge in [-0.15, -0.1) is 0 Å². The average Bonchev–Trinajstić information content (AvgIpc) is 3.34. The molecule has 0 radical (unpaired) electrons. The molecule has 194 valence electrons. The molecule has 0 saturated heterocycles. The first kappa shape index (κ1) is 26.8. The maximum atomic E-state index is 15.0. The van der Waals surface area contributed by atoms with Crippen molar-refractivity contribution in [2.24, 2.45) is 0 Å². The van der Waals surface area contributed by atoms with E-state index in [0.717, 1.165) is 31.5 Å². The zero-order valence-corrected chi connectivity index (χ0v) is 19.5. The molecule has 3 rings (SSSR count). The van der Waals surface area contributed by atoms with Crippen LogP contribution in [0.3, 0.4) is 0 Å². The van der Waals surface area contributed by atoms with E-state index in [4.69, 9.17) is 18.9 Å². The summed E-state index contributed by atoms with van der Waals surface area (Å²) in [5.74, 6) is -3.47. The molecule has 0 fully saturated rings. The molecule has 10 nitrogen and oxygen atoms in total. The molecule has 2 aromatic heterocycles. The van der Waals surface area contributed by atoms with Gasteiger partial charge in [-0.25, -0.2) is 14.2 Å². The highest BCUT2D eigenvalue weighted by Gasteiger charge is 2.36. The molecule has 2 heterocycles. The number of halogens is 4. The van der Waals surface area contributed by atoms with Gasteiger partial charge in [0.2, 0.25) is 5.88 Å². The van der Waals surface area contributed by atoms with Crippen LogP contribution in [0.15, 0.2) is 36.8 Å². The van der Waals surface area contributed by atoms with Gasteiger partial charge in [0.15, 0.2) is 11.6 Å². The fraction of sp³-hybridized carbons (Fsp3) is 0.364. The SMILES string of the molecule is COCC(COC)Nc1cc(F)c(Oc2ncc(Cn3nccn3)cc2C(F)(F)F)cc1C(=O)OC. The first-order chi connectivity index (χ1) is 17.2. The molecule has 36 heavy (non-hydrogen) atoms. The molecule has 0 aliphatic rings. The minimum atomic E-state index is -4.87. The number of hydrogen-bond acceptors (Lipinski definition) is 9. The van der Waals surface area contributed by atoms with Gasteiger partial charge in [-0.1, -0.05) is 0 Å². The lowest BCUT2D eigenvalue weighted by Gasteiger charge is -2.21. The molecule has 0 bridgehead atoms. The van der Waals surface area contributed by atoms with Gasteiger partial charge in [0, 0.05) is 32.5 Å². The van der Waals surface area contributed by atoms with Gasteiger partial charge >= 0.3 is 12.1 Å². The molecule has 0 atom stereocenters. The Labute approximate surface area is 203 Å². The number of benzene rings is 1. The number of anilines is 1. The molecule has 1 N–H and O–H groups in total. The number of esters is 1. The Morgan fingerprint density at radius 1 is 1.08 bits per heavy atom. The maximum absolute atomic E-state index is 15.0. The molecule has 0 saturated carbocycles. The maximum Gasteiger partial charge on any atom is 0.421 e. The number of ether oxygens (including phenoxy) is 4. The van der Waals surface area contributed by atoms with E-state index < -0.39 is 41.2 Å². The Morgan fingerprint density at radius 2 is 1.75 bits per heavy atom. The van der Waals surface area contributed by atoms with Gasteiger partial charge < -0.3 is 24.3 Å². The third-order valence-electron chi connectivity index (χ3n) is 4.78. The van der Waals surface area contributed by atoms with Crippen LogP contribution in [0.1, 0.15) is 21.5 Å². The van der Waals surface area contributed by atoms with Crippen LogP contribution in [-0.4, -0.2) is 66.5 Å². The van der Waals surface area contributed by atoms with Gasteiger partial charge in [-0.2, -0.15) is 28.2 Å². The van der Waals surface area contributed by atoms with Crippen molar-refractivity contribution in [3.8, 4) is 11.6 Å². The smallest absolute Gasteiger partial charge is 0.421 e. The highest BCUT2D eigenvalue weighted by molar-refractivity contribution is 5.96. The monoisotopic (exact) mass is 513 g/mol. The molecular weight excluding hydrogens is 490 g/mol. The number of carbonyl (C=O) groups excluding carboxylic acids is 1. The van der Waals surface area contributed by atoms with Crippen molar-refractivity contribution < 1.29 is 41.3 Å². The van der Waals surface area contributed by atoms with Crippen LogP contribution in [0.25, 0.3) is 0 Å². The number of carbonyl (C=O) groups is 1. The van der Waals surface area contributed by atoms with E-state index in [9.17, 15) is 22.4 Å². The topological polar surface area (TPSA) is 110 Å². The third kappa shape index (κ3) is 6.66. The van der Waals surface area contributed by atoms with Gasteiger partial charge in [0.05, 0.1) is 56.6 Å². The summed E-state index contributed by atoms with van der Waals surface area (Å²) in [7, 11) is 4.00. The number of methoxy groups -OCH3 is 3. The molecule has 0 unspecified atom stereocenters. The lowest BCUT2D eigenvalue weighted by Crippen LogP contribution is -2.30. The van der Waals surface area contributed by atoms with Crippen molar-refractivity contribution in [1.82, 2.24) is 20.0 Å². The van der Waals surface area contributed by atoms with Crippen molar-refractivity contribution in [2.75, 3.05) is 39.9 Å². The Balaban J connectivity index is 1.97. The van der Waals surface area contributed by atoms with Gasteiger partial charge in [-0.05, 0) is 11.6 Å². The summed E-state index contributed by atoms with van der Waals surface area (Å²) in [5.41, 5.74) is -1.27. The molecule has 0 aliphatic carbocycles. The highest BCUT2D eigenvalue weighted by atomic mass is 19.4. The Bertz CT molecular complexity index is 1170. The summed E-state index contributed by atoms with van der Waals surface area (Å²) in [6, 6.07) is 2.18. The van der Waals surface area contributed by atoms with Crippen molar-refractivity contribution >= 4 is 11.7 Å². The van der Waals surface area contributed by atoms with Gasteiger partial charge in [0.25, 0.3) is 0 Å². The van der Waals surface area contributed by atoms with Crippen LogP contribution >= 0.6 is 0 Å². The number of aromatic nitrogens is 4. The summed E-state index contributed by atoms with van der Waals surface area (Å²) < 4.78 is 76.4. The number of pyridine rings is 1. The number of rotatable bonds is 11. The standard InChI is InChI=1S/C22H23F4N5O5/c1-33-11-14(12-34-2)30-18-8-17(23)19(7-15(18)21(32)35-3)36-20-16(22(24,25)26)6-13(9-27-20)10-31-28-4-5-29-31/h4-9,14,30H,10-12H2,1-3H3. The van der Waals surface area contributed by atoms with E-state index in [1.165, 1.54) is 31.4 Å². The second kappa shape index (κ2) is 11.8. The van der Waals surface area contributed by atoms with Crippen molar-refractivity contribution in [2.45, 2.75) is 18.8 Å². The van der Waals surface area contributed by atoms with E-state index in [2.05, 4.69) is 20.5 Å².